The largest absolute Gasteiger partial charge is 0.349 e. The minimum absolute atomic E-state index is 0.0292. The predicted molar refractivity (Wildman–Crippen MR) is 105 cm³/mol. The highest BCUT2D eigenvalue weighted by Crippen LogP contribution is 2.28. The summed E-state index contributed by atoms with van der Waals surface area (Å²) in [6.07, 6.45) is 2.48. The van der Waals surface area contributed by atoms with E-state index in [2.05, 4.69) is 41.3 Å². The minimum atomic E-state index is 0.0292. The fourth-order valence-corrected chi connectivity index (χ4v) is 4.28. The van der Waals surface area contributed by atoms with Crippen LogP contribution in [0.2, 0.25) is 0 Å². The van der Waals surface area contributed by atoms with Crippen molar-refractivity contribution in [2.24, 2.45) is 5.92 Å². The van der Waals surface area contributed by atoms with E-state index in [0.29, 0.717) is 11.7 Å². The van der Waals surface area contributed by atoms with Crippen LogP contribution in [-0.2, 0) is 4.79 Å². The molecule has 130 valence electrons. The summed E-state index contributed by atoms with van der Waals surface area (Å²) in [6, 6.07) is 12.2. The van der Waals surface area contributed by atoms with Crippen molar-refractivity contribution in [3.05, 3.63) is 53.7 Å². The molecule has 3 rings (SSSR count). The number of fused-ring (bicyclic) bond motifs is 1. The standard InChI is InChI=1S/C19H21N3OS2/c1-13(2)10-16(14-6-4-3-5-7-14)22-17(23)11-25-19-15-8-9-24-18(15)20-12-21-19/h3-9,12-13,16H,10-11H2,1-2H3,(H,22,23). The molecule has 1 aromatic carbocycles. The Kier molecular flexibility index (Phi) is 6.04. The topological polar surface area (TPSA) is 54.9 Å². The number of nitrogens with zero attached hydrogens (tertiary/aromatic N) is 2. The molecule has 0 spiro atoms. The van der Waals surface area contributed by atoms with Crippen LogP contribution in [0.25, 0.3) is 10.2 Å². The Hall–Kier alpha value is -1.92. The number of rotatable bonds is 7. The highest BCUT2D eigenvalue weighted by atomic mass is 32.2. The summed E-state index contributed by atoms with van der Waals surface area (Å²) in [5.74, 6) is 0.885. The van der Waals surface area contributed by atoms with Crippen LogP contribution < -0.4 is 5.32 Å². The Bertz CT molecular complexity index is 833. The normalized spacial score (nSPS) is 12.4. The molecule has 0 saturated heterocycles. The summed E-state index contributed by atoms with van der Waals surface area (Å²) in [5.41, 5.74) is 1.15. The molecule has 0 aliphatic heterocycles. The summed E-state index contributed by atoms with van der Waals surface area (Å²) in [4.78, 5) is 22.0. The van der Waals surface area contributed by atoms with E-state index in [1.165, 1.54) is 11.8 Å². The molecule has 0 radical (unpaired) electrons. The first kappa shape index (κ1) is 17.9. The lowest BCUT2D eigenvalue weighted by atomic mass is 9.97. The van der Waals surface area contributed by atoms with Crippen LogP contribution in [-0.4, -0.2) is 21.6 Å². The van der Waals surface area contributed by atoms with Gasteiger partial charge in [-0.15, -0.1) is 11.3 Å². The second-order valence-electron chi connectivity index (χ2n) is 6.27. The van der Waals surface area contributed by atoms with Gasteiger partial charge in [0.2, 0.25) is 5.91 Å². The Balaban J connectivity index is 1.64. The number of benzene rings is 1. The van der Waals surface area contributed by atoms with E-state index >= 15 is 0 Å². The average molecular weight is 372 g/mol. The molecule has 1 atom stereocenters. The van der Waals surface area contributed by atoms with Crippen molar-refractivity contribution in [2.75, 3.05) is 5.75 Å². The van der Waals surface area contributed by atoms with E-state index in [1.54, 1.807) is 17.7 Å². The summed E-state index contributed by atoms with van der Waals surface area (Å²) in [7, 11) is 0. The molecule has 6 heteroatoms. The van der Waals surface area contributed by atoms with E-state index in [0.717, 1.165) is 27.2 Å². The molecule has 2 heterocycles. The van der Waals surface area contributed by atoms with E-state index in [9.17, 15) is 4.79 Å². The van der Waals surface area contributed by atoms with Crippen LogP contribution in [0.15, 0.2) is 53.1 Å². The second-order valence-corrected chi connectivity index (χ2v) is 8.13. The number of aromatic nitrogens is 2. The highest BCUT2D eigenvalue weighted by molar-refractivity contribution is 8.00. The van der Waals surface area contributed by atoms with E-state index in [1.807, 2.05) is 29.6 Å². The quantitative estimate of drug-likeness (QED) is 0.484. The van der Waals surface area contributed by atoms with Gasteiger partial charge in [-0.3, -0.25) is 4.79 Å². The molecular weight excluding hydrogens is 350 g/mol. The van der Waals surface area contributed by atoms with E-state index < -0.39 is 0 Å². The molecule has 2 aromatic heterocycles. The number of carbonyl (C=O) groups is 1. The monoisotopic (exact) mass is 371 g/mol. The first-order chi connectivity index (χ1) is 12.1. The van der Waals surface area contributed by atoms with Gasteiger partial charge in [0.05, 0.1) is 11.8 Å². The van der Waals surface area contributed by atoms with Crippen LogP contribution in [0.1, 0.15) is 31.9 Å². The Labute approximate surface area is 156 Å². The third kappa shape index (κ3) is 4.80. The maximum atomic E-state index is 12.5. The first-order valence-electron chi connectivity index (χ1n) is 8.29. The molecule has 0 aliphatic rings. The molecule has 1 N–H and O–H groups in total. The molecule has 1 amide bonds. The Morgan fingerprint density at radius 1 is 1.20 bits per heavy atom. The number of nitrogens with one attached hydrogen (secondary N) is 1. The zero-order valence-corrected chi connectivity index (χ0v) is 15.9. The lowest BCUT2D eigenvalue weighted by Gasteiger charge is -2.21. The number of thioether (sulfide) groups is 1. The molecule has 0 aliphatic carbocycles. The van der Waals surface area contributed by atoms with Gasteiger partial charge >= 0.3 is 0 Å². The van der Waals surface area contributed by atoms with Gasteiger partial charge in [0.15, 0.2) is 0 Å². The third-order valence-electron chi connectivity index (χ3n) is 3.81. The molecule has 0 saturated carbocycles. The number of hydrogen-bond acceptors (Lipinski definition) is 5. The molecule has 4 nitrogen and oxygen atoms in total. The van der Waals surface area contributed by atoms with Crippen molar-refractivity contribution < 1.29 is 4.79 Å². The Morgan fingerprint density at radius 2 is 2.00 bits per heavy atom. The number of amides is 1. The molecular formula is C19H21N3OS2. The maximum Gasteiger partial charge on any atom is 0.230 e. The van der Waals surface area contributed by atoms with Crippen LogP contribution in [0, 0.1) is 5.92 Å². The van der Waals surface area contributed by atoms with Crippen LogP contribution in [0.3, 0.4) is 0 Å². The fraction of sp³-hybridized carbons (Fsp3) is 0.316. The third-order valence-corrected chi connectivity index (χ3v) is 5.64. The molecule has 0 bridgehead atoms. The van der Waals surface area contributed by atoms with Crippen molar-refractivity contribution in [1.29, 1.82) is 0 Å². The predicted octanol–water partition coefficient (Wildman–Crippen LogP) is 4.69. The summed E-state index contributed by atoms with van der Waals surface area (Å²) in [5, 5.41) is 7.06. The molecule has 0 fully saturated rings. The maximum absolute atomic E-state index is 12.5. The van der Waals surface area contributed by atoms with Crippen LogP contribution >= 0.6 is 23.1 Å². The highest BCUT2D eigenvalue weighted by Gasteiger charge is 2.16. The van der Waals surface area contributed by atoms with E-state index in [-0.39, 0.29) is 11.9 Å². The van der Waals surface area contributed by atoms with E-state index in [4.69, 9.17) is 0 Å². The SMILES string of the molecule is CC(C)CC(NC(=O)CSc1ncnc2sccc12)c1ccccc1. The van der Waals surface area contributed by atoms with Crippen molar-refractivity contribution in [3.63, 3.8) is 0 Å². The minimum Gasteiger partial charge on any atom is -0.349 e. The number of hydrogen-bond donors (Lipinski definition) is 1. The summed E-state index contributed by atoms with van der Waals surface area (Å²) >= 11 is 3.05. The van der Waals surface area contributed by atoms with Gasteiger partial charge in [0, 0.05) is 5.39 Å². The Morgan fingerprint density at radius 3 is 2.76 bits per heavy atom. The summed E-state index contributed by atoms with van der Waals surface area (Å²) in [6.45, 7) is 4.34. The summed E-state index contributed by atoms with van der Waals surface area (Å²) < 4.78 is 0. The molecule has 25 heavy (non-hydrogen) atoms. The van der Waals surface area contributed by atoms with Crippen molar-refractivity contribution >= 4 is 39.2 Å². The lowest BCUT2D eigenvalue weighted by molar-refractivity contribution is -0.119. The van der Waals surface area contributed by atoms with Gasteiger partial charge < -0.3 is 5.32 Å². The zero-order chi connectivity index (χ0) is 17.6. The molecule has 1 unspecified atom stereocenters. The van der Waals surface area contributed by atoms with Gasteiger partial charge in [0.25, 0.3) is 0 Å². The van der Waals surface area contributed by atoms with Crippen LogP contribution in [0.4, 0.5) is 0 Å². The molecule has 3 aromatic rings. The van der Waals surface area contributed by atoms with Crippen LogP contribution in [0.5, 0.6) is 0 Å². The van der Waals surface area contributed by atoms with Gasteiger partial charge in [-0.2, -0.15) is 0 Å². The van der Waals surface area contributed by atoms with Crippen molar-refractivity contribution in [3.8, 4) is 0 Å². The van der Waals surface area contributed by atoms with Crippen molar-refractivity contribution in [1.82, 2.24) is 15.3 Å². The lowest BCUT2D eigenvalue weighted by Crippen LogP contribution is -2.30. The fourth-order valence-electron chi connectivity index (χ4n) is 2.69. The zero-order valence-electron chi connectivity index (χ0n) is 14.3. The second kappa shape index (κ2) is 8.45. The first-order valence-corrected chi connectivity index (χ1v) is 10.2. The van der Waals surface area contributed by atoms with Gasteiger partial charge in [-0.25, -0.2) is 9.97 Å². The van der Waals surface area contributed by atoms with Crippen molar-refractivity contribution in [2.45, 2.75) is 31.3 Å². The number of thiophene rings is 1. The smallest absolute Gasteiger partial charge is 0.230 e. The van der Waals surface area contributed by atoms with Gasteiger partial charge in [-0.05, 0) is 29.3 Å². The van der Waals surface area contributed by atoms with Gasteiger partial charge in [-0.1, -0.05) is 55.9 Å². The van der Waals surface area contributed by atoms with Gasteiger partial charge in [0.1, 0.15) is 16.2 Å². The average Bonchev–Trinajstić information content (AvgIpc) is 3.09. The number of carbonyl (C=O) groups excluding carboxylic acids is 1.